The van der Waals surface area contributed by atoms with Crippen LogP contribution in [0.4, 0.5) is 5.69 Å². The van der Waals surface area contributed by atoms with Gasteiger partial charge >= 0.3 is 0 Å². The minimum Gasteiger partial charge on any atom is -0.367 e. The lowest BCUT2D eigenvalue weighted by molar-refractivity contribution is 0.0705. The zero-order valence-electron chi connectivity index (χ0n) is 15.1. The van der Waals surface area contributed by atoms with Gasteiger partial charge in [-0.3, -0.25) is 4.79 Å². The van der Waals surface area contributed by atoms with Gasteiger partial charge < -0.3 is 14.3 Å². The Hall–Kier alpha value is -2.79. The van der Waals surface area contributed by atoms with E-state index in [2.05, 4.69) is 10.1 Å². The number of nitrogens with zero attached hydrogens (tertiary/aromatic N) is 3. The number of benzene rings is 2. The molecule has 2 aromatic carbocycles. The summed E-state index contributed by atoms with van der Waals surface area (Å²) in [6.45, 7) is 4.72. The van der Waals surface area contributed by atoms with E-state index >= 15 is 0 Å². The van der Waals surface area contributed by atoms with Gasteiger partial charge in [0.05, 0.1) is 10.7 Å². The van der Waals surface area contributed by atoms with Crippen molar-refractivity contribution in [1.82, 2.24) is 10.1 Å². The van der Waals surface area contributed by atoms with Gasteiger partial charge in [-0.15, -0.1) is 0 Å². The van der Waals surface area contributed by atoms with Crippen LogP contribution < -0.4 is 4.90 Å². The first-order valence-corrected chi connectivity index (χ1v) is 9.32. The average Bonchev–Trinajstić information content (AvgIpc) is 3.19. The molecule has 1 amide bonds. The molecule has 5 nitrogen and oxygen atoms in total. The molecule has 1 aliphatic heterocycles. The van der Waals surface area contributed by atoms with Crippen LogP contribution in [0.15, 0.2) is 59.1 Å². The molecule has 0 saturated carbocycles. The molecule has 3 aromatic rings. The fourth-order valence-electron chi connectivity index (χ4n) is 3.25. The van der Waals surface area contributed by atoms with Crippen molar-refractivity contribution in [3.05, 3.63) is 70.9 Å². The predicted molar refractivity (Wildman–Crippen MR) is 106 cm³/mol. The van der Waals surface area contributed by atoms with Gasteiger partial charge in [-0.2, -0.15) is 0 Å². The SMILES string of the molecule is Cc1ccc(-c2cc(C(=O)N3CCN(c4ccccc4Cl)CC3)on2)cc1. The van der Waals surface area contributed by atoms with Crippen molar-refractivity contribution in [1.29, 1.82) is 0 Å². The number of halogens is 1. The third kappa shape index (κ3) is 3.69. The summed E-state index contributed by atoms with van der Waals surface area (Å²) in [6, 6.07) is 17.5. The quantitative estimate of drug-likeness (QED) is 0.680. The molecule has 0 unspecified atom stereocenters. The van der Waals surface area contributed by atoms with Crippen molar-refractivity contribution in [3.8, 4) is 11.3 Å². The molecule has 138 valence electrons. The molecule has 0 radical (unpaired) electrons. The Labute approximate surface area is 163 Å². The Bertz CT molecular complexity index is 944. The Balaban J connectivity index is 1.43. The second-order valence-corrected chi connectivity index (χ2v) is 7.08. The van der Waals surface area contributed by atoms with Crippen LogP contribution in [-0.2, 0) is 0 Å². The third-order valence-electron chi connectivity index (χ3n) is 4.83. The van der Waals surface area contributed by atoms with Crippen LogP contribution in [0.3, 0.4) is 0 Å². The molecule has 1 fully saturated rings. The summed E-state index contributed by atoms with van der Waals surface area (Å²) < 4.78 is 5.32. The minimum atomic E-state index is -0.125. The molecular weight excluding hydrogens is 362 g/mol. The number of aromatic nitrogens is 1. The van der Waals surface area contributed by atoms with E-state index in [0.29, 0.717) is 18.8 Å². The van der Waals surface area contributed by atoms with Gasteiger partial charge in [-0.05, 0) is 19.1 Å². The fraction of sp³-hybridized carbons (Fsp3) is 0.238. The van der Waals surface area contributed by atoms with Gasteiger partial charge in [0.1, 0.15) is 5.69 Å². The summed E-state index contributed by atoms with van der Waals surface area (Å²) in [5.74, 6) is 0.149. The highest BCUT2D eigenvalue weighted by Gasteiger charge is 2.26. The number of hydrogen-bond donors (Lipinski definition) is 0. The third-order valence-corrected chi connectivity index (χ3v) is 5.15. The Morgan fingerprint density at radius 3 is 2.44 bits per heavy atom. The van der Waals surface area contributed by atoms with Crippen molar-refractivity contribution in [3.63, 3.8) is 0 Å². The first-order valence-electron chi connectivity index (χ1n) is 8.94. The molecule has 4 rings (SSSR count). The topological polar surface area (TPSA) is 49.6 Å². The second kappa shape index (κ2) is 7.45. The number of para-hydroxylation sites is 1. The van der Waals surface area contributed by atoms with Crippen molar-refractivity contribution < 1.29 is 9.32 Å². The number of amides is 1. The number of aryl methyl sites for hydroxylation is 1. The molecule has 0 spiro atoms. The first kappa shape index (κ1) is 17.6. The Morgan fingerprint density at radius 1 is 1.04 bits per heavy atom. The van der Waals surface area contributed by atoms with E-state index in [1.807, 2.05) is 55.5 Å². The number of rotatable bonds is 3. The van der Waals surface area contributed by atoms with Gasteiger partial charge in [-0.25, -0.2) is 0 Å². The van der Waals surface area contributed by atoms with E-state index in [4.69, 9.17) is 16.1 Å². The first-order chi connectivity index (χ1) is 13.1. The fourth-order valence-corrected chi connectivity index (χ4v) is 3.51. The monoisotopic (exact) mass is 381 g/mol. The summed E-state index contributed by atoms with van der Waals surface area (Å²) in [5.41, 5.74) is 3.79. The van der Waals surface area contributed by atoms with E-state index in [0.717, 1.165) is 29.4 Å². The maximum absolute atomic E-state index is 12.8. The van der Waals surface area contributed by atoms with Crippen molar-refractivity contribution in [2.75, 3.05) is 31.1 Å². The molecule has 1 aromatic heterocycles. The number of anilines is 1. The lowest BCUT2D eigenvalue weighted by Crippen LogP contribution is -2.48. The standard InChI is InChI=1S/C21H20ClN3O2/c1-15-6-8-16(9-7-15)18-14-20(27-23-18)21(26)25-12-10-24(11-13-25)19-5-3-2-4-17(19)22/h2-9,14H,10-13H2,1H3. The normalized spacial score (nSPS) is 14.4. The van der Waals surface area contributed by atoms with Crippen LogP contribution in [-0.4, -0.2) is 42.1 Å². The van der Waals surface area contributed by atoms with Gasteiger partial charge in [0, 0.05) is 37.8 Å². The average molecular weight is 382 g/mol. The van der Waals surface area contributed by atoms with Gasteiger partial charge in [0.15, 0.2) is 0 Å². The zero-order valence-corrected chi connectivity index (χ0v) is 15.8. The van der Waals surface area contributed by atoms with Crippen LogP contribution in [0.25, 0.3) is 11.3 Å². The van der Waals surface area contributed by atoms with Gasteiger partial charge in [-0.1, -0.05) is 58.7 Å². The summed E-state index contributed by atoms with van der Waals surface area (Å²) in [6.07, 6.45) is 0. The molecule has 2 heterocycles. The number of carbonyl (C=O) groups is 1. The van der Waals surface area contributed by atoms with Crippen LogP contribution in [0.1, 0.15) is 16.1 Å². The van der Waals surface area contributed by atoms with Gasteiger partial charge in [0.25, 0.3) is 5.91 Å². The van der Waals surface area contributed by atoms with E-state index in [1.165, 1.54) is 5.56 Å². The lowest BCUT2D eigenvalue weighted by Gasteiger charge is -2.36. The molecular formula is C21H20ClN3O2. The number of hydrogen-bond acceptors (Lipinski definition) is 4. The lowest BCUT2D eigenvalue weighted by atomic mass is 10.1. The predicted octanol–water partition coefficient (Wildman–Crippen LogP) is 4.27. The molecule has 27 heavy (non-hydrogen) atoms. The highest BCUT2D eigenvalue weighted by Crippen LogP contribution is 2.26. The van der Waals surface area contributed by atoms with E-state index in [1.54, 1.807) is 11.0 Å². The van der Waals surface area contributed by atoms with Crippen molar-refractivity contribution in [2.24, 2.45) is 0 Å². The zero-order chi connectivity index (χ0) is 18.8. The van der Waals surface area contributed by atoms with Crippen molar-refractivity contribution >= 4 is 23.2 Å². The number of piperazine rings is 1. The maximum atomic E-state index is 12.8. The molecule has 0 N–H and O–H groups in total. The van der Waals surface area contributed by atoms with Crippen LogP contribution in [0.5, 0.6) is 0 Å². The molecule has 1 saturated heterocycles. The maximum Gasteiger partial charge on any atom is 0.292 e. The van der Waals surface area contributed by atoms with Crippen LogP contribution >= 0.6 is 11.6 Å². The Kier molecular flexibility index (Phi) is 4.86. The highest BCUT2D eigenvalue weighted by atomic mass is 35.5. The number of carbonyl (C=O) groups excluding carboxylic acids is 1. The second-order valence-electron chi connectivity index (χ2n) is 6.67. The smallest absolute Gasteiger partial charge is 0.292 e. The van der Waals surface area contributed by atoms with Gasteiger partial charge in [0.2, 0.25) is 5.76 Å². The largest absolute Gasteiger partial charge is 0.367 e. The molecule has 0 bridgehead atoms. The highest BCUT2D eigenvalue weighted by molar-refractivity contribution is 6.33. The summed E-state index contributed by atoms with van der Waals surface area (Å²) >= 11 is 6.28. The minimum absolute atomic E-state index is 0.125. The van der Waals surface area contributed by atoms with E-state index in [9.17, 15) is 4.79 Å². The summed E-state index contributed by atoms with van der Waals surface area (Å²) in [7, 11) is 0. The van der Waals surface area contributed by atoms with Crippen LogP contribution in [0, 0.1) is 6.92 Å². The van der Waals surface area contributed by atoms with E-state index in [-0.39, 0.29) is 11.7 Å². The van der Waals surface area contributed by atoms with E-state index < -0.39 is 0 Å². The van der Waals surface area contributed by atoms with Crippen molar-refractivity contribution in [2.45, 2.75) is 6.92 Å². The summed E-state index contributed by atoms with van der Waals surface area (Å²) in [4.78, 5) is 16.8. The summed E-state index contributed by atoms with van der Waals surface area (Å²) in [5, 5.41) is 4.79. The molecule has 6 heteroatoms. The molecule has 0 aliphatic carbocycles. The molecule has 0 atom stereocenters. The van der Waals surface area contributed by atoms with Crippen LogP contribution in [0.2, 0.25) is 5.02 Å². The molecule has 1 aliphatic rings. The Morgan fingerprint density at radius 2 is 1.74 bits per heavy atom.